The van der Waals surface area contributed by atoms with Crippen molar-refractivity contribution in [2.24, 2.45) is 5.92 Å². The molecule has 3 heteroatoms. The van der Waals surface area contributed by atoms with Crippen LogP contribution in [-0.4, -0.2) is 16.2 Å². The Labute approximate surface area is 71.0 Å². The number of carboxylic acids is 1. The van der Waals surface area contributed by atoms with Crippen LogP contribution in [0.1, 0.15) is 19.3 Å². The predicted octanol–water partition coefficient (Wildman–Crippen LogP) is 1.87. The number of carboxylic acid groups (broad SMARTS) is 1. The normalized spacial score (nSPS) is 22.0. The van der Waals surface area contributed by atoms with Crippen molar-refractivity contribution in [3.05, 3.63) is 24.0 Å². The van der Waals surface area contributed by atoms with Crippen LogP contribution in [0.2, 0.25) is 0 Å². The van der Waals surface area contributed by atoms with E-state index >= 15 is 0 Å². The van der Waals surface area contributed by atoms with Crippen LogP contribution in [0.5, 0.6) is 0 Å². The lowest BCUT2D eigenvalue weighted by Crippen LogP contribution is -2.03. The van der Waals surface area contributed by atoms with Gasteiger partial charge in [0, 0.05) is 6.42 Å². The molecule has 0 saturated carbocycles. The Balaban J connectivity index is 2.29. The lowest BCUT2D eigenvalue weighted by molar-refractivity contribution is -0.137. The van der Waals surface area contributed by atoms with Gasteiger partial charge in [-0.2, -0.15) is 0 Å². The first-order chi connectivity index (χ1) is 5.68. The summed E-state index contributed by atoms with van der Waals surface area (Å²) in [6, 6.07) is 0. The molecule has 1 rings (SSSR count). The van der Waals surface area contributed by atoms with Gasteiger partial charge >= 0.3 is 5.97 Å². The molecular weight excluding hydrogens is 156 g/mol. The molecule has 0 aromatic carbocycles. The van der Waals surface area contributed by atoms with Gasteiger partial charge < -0.3 is 10.2 Å². The largest absolute Gasteiger partial charge is 0.508 e. The van der Waals surface area contributed by atoms with Crippen molar-refractivity contribution in [2.45, 2.75) is 19.3 Å². The Bertz CT molecular complexity index is 228. The van der Waals surface area contributed by atoms with Crippen LogP contribution in [0.25, 0.3) is 0 Å². The molecule has 0 fully saturated rings. The topological polar surface area (TPSA) is 57.5 Å². The van der Waals surface area contributed by atoms with Gasteiger partial charge in [0.05, 0.1) is 0 Å². The quantitative estimate of drug-likeness (QED) is 0.676. The number of hydrogen-bond acceptors (Lipinski definition) is 2. The minimum absolute atomic E-state index is 0.198. The smallest absolute Gasteiger partial charge is 0.303 e. The van der Waals surface area contributed by atoms with Crippen LogP contribution in [0.3, 0.4) is 0 Å². The van der Waals surface area contributed by atoms with Crippen molar-refractivity contribution in [2.75, 3.05) is 0 Å². The van der Waals surface area contributed by atoms with Crippen molar-refractivity contribution in [1.29, 1.82) is 0 Å². The predicted molar refractivity (Wildman–Crippen MR) is 44.8 cm³/mol. The highest BCUT2D eigenvalue weighted by Gasteiger charge is 2.09. The molecule has 3 nitrogen and oxygen atoms in total. The second kappa shape index (κ2) is 3.95. The lowest BCUT2D eigenvalue weighted by atomic mass is 9.95. The number of rotatable bonds is 3. The molecule has 0 saturated heterocycles. The van der Waals surface area contributed by atoms with E-state index in [0.717, 1.165) is 6.42 Å². The molecule has 1 unspecified atom stereocenters. The van der Waals surface area contributed by atoms with E-state index in [9.17, 15) is 4.79 Å². The van der Waals surface area contributed by atoms with Gasteiger partial charge in [0.1, 0.15) is 5.76 Å². The second-order valence-corrected chi connectivity index (χ2v) is 2.92. The minimum Gasteiger partial charge on any atom is -0.508 e. The monoisotopic (exact) mass is 168 g/mol. The number of aliphatic carboxylic acids is 1. The summed E-state index contributed by atoms with van der Waals surface area (Å²) in [5, 5.41) is 17.4. The fourth-order valence-electron chi connectivity index (χ4n) is 1.18. The summed E-state index contributed by atoms with van der Waals surface area (Å²) in [5.74, 6) is -0.208. The van der Waals surface area contributed by atoms with Gasteiger partial charge in [0.2, 0.25) is 0 Å². The SMILES string of the molecule is O=C(O)CCC1C=CC(O)=CC1. The van der Waals surface area contributed by atoms with Gasteiger partial charge in [0.15, 0.2) is 0 Å². The summed E-state index contributed by atoms with van der Waals surface area (Å²) in [6.45, 7) is 0. The zero-order valence-corrected chi connectivity index (χ0v) is 6.73. The van der Waals surface area contributed by atoms with Crippen LogP contribution < -0.4 is 0 Å². The Morgan fingerprint density at radius 1 is 1.67 bits per heavy atom. The Kier molecular flexibility index (Phi) is 2.91. The maximum absolute atomic E-state index is 10.2. The zero-order valence-electron chi connectivity index (χ0n) is 6.73. The summed E-state index contributed by atoms with van der Waals surface area (Å²) in [5.41, 5.74) is 0. The molecule has 12 heavy (non-hydrogen) atoms. The first kappa shape index (κ1) is 8.84. The zero-order chi connectivity index (χ0) is 8.97. The van der Waals surface area contributed by atoms with E-state index in [1.165, 1.54) is 0 Å². The molecule has 0 radical (unpaired) electrons. The summed E-state index contributed by atoms with van der Waals surface area (Å²) >= 11 is 0. The first-order valence-electron chi connectivity index (χ1n) is 3.97. The molecule has 0 aliphatic heterocycles. The highest BCUT2D eigenvalue weighted by molar-refractivity contribution is 5.66. The van der Waals surface area contributed by atoms with E-state index in [2.05, 4.69) is 0 Å². The number of aliphatic hydroxyl groups excluding tert-OH is 1. The average Bonchev–Trinajstić information content (AvgIpc) is 2.03. The third kappa shape index (κ3) is 2.78. The average molecular weight is 168 g/mol. The standard InChI is InChI=1S/C9H12O3/c10-8-4-1-7(2-5-8)3-6-9(11)12/h1,4-5,7,10H,2-3,6H2,(H,11,12). The highest BCUT2D eigenvalue weighted by Crippen LogP contribution is 2.19. The first-order valence-corrected chi connectivity index (χ1v) is 3.97. The van der Waals surface area contributed by atoms with Gasteiger partial charge in [0.25, 0.3) is 0 Å². The molecule has 2 N–H and O–H groups in total. The molecular formula is C9H12O3. The molecule has 0 spiro atoms. The van der Waals surface area contributed by atoms with Crippen molar-refractivity contribution in [1.82, 2.24) is 0 Å². The highest BCUT2D eigenvalue weighted by atomic mass is 16.4. The summed E-state index contributed by atoms with van der Waals surface area (Å²) in [7, 11) is 0. The molecule has 0 amide bonds. The van der Waals surface area contributed by atoms with Crippen LogP contribution in [0.15, 0.2) is 24.0 Å². The molecule has 0 aromatic rings. The van der Waals surface area contributed by atoms with E-state index in [4.69, 9.17) is 10.2 Å². The minimum atomic E-state index is -0.762. The van der Waals surface area contributed by atoms with Gasteiger partial charge in [-0.25, -0.2) is 0 Å². The molecule has 0 aromatic heterocycles. The van der Waals surface area contributed by atoms with Crippen molar-refractivity contribution < 1.29 is 15.0 Å². The number of allylic oxidation sites excluding steroid dienone is 3. The lowest BCUT2D eigenvalue weighted by Gasteiger charge is -2.11. The van der Waals surface area contributed by atoms with Gasteiger partial charge in [-0.15, -0.1) is 0 Å². The number of carbonyl (C=O) groups is 1. The van der Waals surface area contributed by atoms with E-state index in [1.807, 2.05) is 6.08 Å². The fraction of sp³-hybridized carbons (Fsp3) is 0.444. The molecule has 0 heterocycles. The third-order valence-electron chi connectivity index (χ3n) is 1.90. The van der Waals surface area contributed by atoms with Crippen LogP contribution in [0.4, 0.5) is 0 Å². The Morgan fingerprint density at radius 2 is 2.42 bits per heavy atom. The maximum atomic E-state index is 10.2. The van der Waals surface area contributed by atoms with Gasteiger partial charge in [-0.1, -0.05) is 6.08 Å². The van der Waals surface area contributed by atoms with E-state index < -0.39 is 5.97 Å². The van der Waals surface area contributed by atoms with E-state index in [1.54, 1.807) is 12.2 Å². The summed E-state index contributed by atoms with van der Waals surface area (Å²) in [4.78, 5) is 10.2. The van der Waals surface area contributed by atoms with Crippen LogP contribution >= 0.6 is 0 Å². The number of hydrogen-bond donors (Lipinski definition) is 2. The van der Waals surface area contributed by atoms with Crippen LogP contribution in [-0.2, 0) is 4.79 Å². The molecule has 0 bridgehead atoms. The summed E-state index contributed by atoms with van der Waals surface area (Å²) < 4.78 is 0. The second-order valence-electron chi connectivity index (χ2n) is 2.92. The third-order valence-corrected chi connectivity index (χ3v) is 1.90. The van der Waals surface area contributed by atoms with Gasteiger partial charge in [-0.05, 0) is 30.9 Å². The van der Waals surface area contributed by atoms with E-state index in [0.29, 0.717) is 6.42 Å². The maximum Gasteiger partial charge on any atom is 0.303 e. The molecule has 1 aliphatic rings. The fourth-order valence-corrected chi connectivity index (χ4v) is 1.18. The Hall–Kier alpha value is -1.25. The molecule has 1 atom stereocenters. The van der Waals surface area contributed by atoms with E-state index in [-0.39, 0.29) is 18.1 Å². The molecule has 1 aliphatic carbocycles. The summed E-state index contributed by atoms with van der Waals surface area (Å²) in [6.07, 6.45) is 6.79. The Morgan fingerprint density at radius 3 is 2.92 bits per heavy atom. The van der Waals surface area contributed by atoms with Crippen molar-refractivity contribution >= 4 is 5.97 Å². The van der Waals surface area contributed by atoms with Crippen LogP contribution in [0, 0.1) is 5.92 Å². The van der Waals surface area contributed by atoms with Crippen molar-refractivity contribution in [3.8, 4) is 0 Å². The van der Waals surface area contributed by atoms with Crippen molar-refractivity contribution in [3.63, 3.8) is 0 Å². The molecule has 66 valence electrons. The number of aliphatic hydroxyl groups is 1. The van der Waals surface area contributed by atoms with Gasteiger partial charge in [-0.3, -0.25) is 4.79 Å².